The second kappa shape index (κ2) is 7.03. The Morgan fingerprint density at radius 1 is 1.26 bits per heavy atom. The average Bonchev–Trinajstić information content (AvgIpc) is 3.18. The fourth-order valence-electron chi connectivity index (χ4n) is 2.88. The third kappa shape index (κ3) is 3.57. The first kappa shape index (κ1) is 17.0. The molecule has 1 aromatic carbocycles. The molecule has 1 aliphatic heterocycles. The first-order chi connectivity index (χ1) is 13.1. The molecule has 0 N–H and O–H groups in total. The van der Waals surface area contributed by atoms with Crippen molar-refractivity contribution >= 4 is 17.3 Å². The number of fused-ring (bicyclic) bond motifs is 1. The number of oxime groups is 1. The van der Waals surface area contributed by atoms with Gasteiger partial charge in [0.05, 0.1) is 11.4 Å². The average molecular weight is 363 g/mol. The molecule has 0 fully saturated rings. The summed E-state index contributed by atoms with van der Waals surface area (Å²) in [6, 6.07) is 14.5. The van der Waals surface area contributed by atoms with Gasteiger partial charge in [0.1, 0.15) is 12.3 Å². The van der Waals surface area contributed by atoms with Crippen molar-refractivity contribution in [3.8, 4) is 0 Å². The Morgan fingerprint density at radius 3 is 2.89 bits per heavy atom. The van der Waals surface area contributed by atoms with E-state index in [1.165, 1.54) is 10.5 Å². The lowest BCUT2D eigenvalue weighted by Crippen LogP contribution is -2.24. The smallest absolute Gasteiger partial charge is 0.351 e. The molecule has 136 valence electrons. The van der Waals surface area contributed by atoms with Crippen LogP contribution in [-0.2, 0) is 21.0 Å². The van der Waals surface area contributed by atoms with Crippen molar-refractivity contribution in [3.63, 3.8) is 0 Å². The molecular formula is C20H17N3O4. The molecule has 27 heavy (non-hydrogen) atoms. The van der Waals surface area contributed by atoms with E-state index in [0.717, 1.165) is 11.1 Å². The third-order valence-corrected chi connectivity index (χ3v) is 4.26. The first-order valence-electron chi connectivity index (χ1n) is 8.54. The van der Waals surface area contributed by atoms with Crippen molar-refractivity contribution in [2.45, 2.75) is 26.1 Å². The lowest BCUT2D eigenvalue weighted by atomic mass is 10.1. The number of aryl methyl sites for hydroxylation is 1. The Hall–Kier alpha value is -3.48. The van der Waals surface area contributed by atoms with Gasteiger partial charge in [-0.3, -0.25) is 9.20 Å². The van der Waals surface area contributed by atoms with Crippen LogP contribution < -0.4 is 5.56 Å². The van der Waals surface area contributed by atoms with Crippen molar-refractivity contribution in [3.05, 3.63) is 81.9 Å². The highest BCUT2D eigenvalue weighted by Crippen LogP contribution is 2.18. The summed E-state index contributed by atoms with van der Waals surface area (Å²) in [6.45, 7) is 1.80. The van der Waals surface area contributed by atoms with Gasteiger partial charge in [0.25, 0.3) is 5.56 Å². The predicted octanol–water partition coefficient (Wildman–Crippen LogP) is 2.24. The highest BCUT2D eigenvalue weighted by molar-refractivity contribution is 6.03. The maximum atomic E-state index is 12.3. The highest BCUT2D eigenvalue weighted by Gasteiger charge is 2.30. The Balaban J connectivity index is 1.41. The van der Waals surface area contributed by atoms with Gasteiger partial charge in [-0.15, -0.1) is 0 Å². The van der Waals surface area contributed by atoms with Gasteiger partial charge >= 0.3 is 5.97 Å². The van der Waals surface area contributed by atoms with E-state index in [9.17, 15) is 9.59 Å². The van der Waals surface area contributed by atoms with Crippen molar-refractivity contribution in [2.24, 2.45) is 5.16 Å². The quantitative estimate of drug-likeness (QED) is 0.664. The standard InChI is InChI=1S/C20H17N3O4/c1-13-7-8-18-21-15(9-19(24)23(18)11-13)12-26-20(25)17-10-16(22-27-17)14-5-3-2-4-6-14/h2-9,11,17H,10,12H2,1H3/t17-/m0/s1. The topological polar surface area (TPSA) is 82.3 Å². The van der Waals surface area contributed by atoms with Crippen molar-refractivity contribution < 1.29 is 14.4 Å². The second-order valence-electron chi connectivity index (χ2n) is 6.33. The molecule has 0 unspecified atom stereocenters. The van der Waals surface area contributed by atoms with E-state index in [4.69, 9.17) is 9.57 Å². The van der Waals surface area contributed by atoms with Gasteiger partial charge < -0.3 is 9.57 Å². The zero-order valence-corrected chi connectivity index (χ0v) is 14.7. The number of aromatic nitrogens is 2. The molecule has 0 bridgehead atoms. The zero-order valence-electron chi connectivity index (χ0n) is 14.7. The number of carbonyl (C=O) groups excluding carboxylic acids is 1. The van der Waals surface area contributed by atoms with Crippen LogP contribution >= 0.6 is 0 Å². The minimum absolute atomic E-state index is 0.0982. The summed E-state index contributed by atoms with van der Waals surface area (Å²) in [5.41, 5.74) is 3.24. The molecule has 0 radical (unpaired) electrons. The molecule has 4 rings (SSSR count). The number of esters is 1. The van der Waals surface area contributed by atoms with Gasteiger partial charge in [-0.05, 0) is 24.1 Å². The van der Waals surface area contributed by atoms with Crippen molar-refractivity contribution in [2.75, 3.05) is 0 Å². The van der Waals surface area contributed by atoms with Crippen LogP contribution in [0, 0.1) is 6.92 Å². The van der Waals surface area contributed by atoms with E-state index in [1.54, 1.807) is 12.3 Å². The van der Waals surface area contributed by atoms with Crippen LogP contribution in [0.4, 0.5) is 0 Å². The molecule has 2 aromatic heterocycles. The maximum absolute atomic E-state index is 12.3. The minimum Gasteiger partial charge on any atom is -0.456 e. The Kier molecular flexibility index (Phi) is 4.42. The van der Waals surface area contributed by atoms with Crippen molar-refractivity contribution in [1.82, 2.24) is 9.38 Å². The maximum Gasteiger partial charge on any atom is 0.351 e. The van der Waals surface area contributed by atoms with Gasteiger partial charge in [0, 0.05) is 18.7 Å². The number of pyridine rings is 1. The number of hydrogen-bond acceptors (Lipinski definition) is 6. The summed E-state index contributed by atoms with van der Waals surface area (Å²) in [4.78, 5) is 34.0. The lowest BCUT2D eigenvalue weighted by Gasteiger charge is -2.09. The SMILES string of the molecule is Cc1ccc2nc(COC(=O)[C@@H]3CC(c4ccccc4)=NO3)cc(=O)n2c1. The van der Waals surface area contributed by atoms with E-state index >= 15 is 0 Å². The molecule has 0 aliphatic carbocycles. The van der Waals surface area contributed by atoms with Gasteiger partial charge in [-0.1, -0.05) is 41.6 Å². The first-order valence-corrected chi connectivity index (χ1v) is 8.54. The normalized spacial score (nSPS) is 16.0. The van der Waals surface area contributed by atoms with Crippen molar-refractivity contribution in [1.29, 1.82) is 0 Å². The fraction of sp³-hybridized carbons (Fsp3) is 0.200. The number of hydrogen-bond donors (Lipinski definition) is 0. The number of benzene rings is 1. The molecule has 0 spiro atoms. The fourth-order valence-corrected chi connectivity index (χ4v) is 2.88. The van der Waals surface area contributed by atoms with Gasteiger partial charge in [-0.25, -0.2) is 9.78 Å². The number of carbonyl (C=O) groups is 1. The van der Waals surface area contributed by atoms with Gasteiger partial charge in [0.15, 0.2) is 0 Å². The summed E-state index contributed by atoms with van der Waals surface area (Å²) in [6.07, 6.45) is 1.27. The second-order valence-corrected chi connectivity index (χ2v) is 6.33. The predicted molar refractivity (Wildman–Crippen MR) is 98.5 cm³/mol. The summed E-state index contributed by atoms with van der Waals surface area (Å²) >= 11 is 0. The number of rotatable bonds is 4. The molecule has 0 saturated carbocycles. The summed E-state index contributed by atoms with van der Waals surface area (Å²) in [7, 11) is 0. The number of nitrogens with zero attached hydrogens (tertiary/aromatic N) is 3. The largest absolute Gasteiger partial charge is 0.456 e. The summed E-state index contributed by atoms with van der Waals surface area (Å²) < 4.78 is 6.73. The molecule has 7 nitrogen and oxygen atoms in total. The van der Waals surface area contributed by atoms with Crippen LogP contribution in [0.3, 0.4) is 0 Å². The molecular weight excluding hydrogens is 346 g/mol. The highest BCUT2D eigenvalue weighted by atomic mass is 16.7. The van der Waals surface area contributed by atoms with Crippen LogP contribution in [-0.4, -0.2) is 27.2 Å². The lowest BCUT2D eigenvalue weighted by molar-refractivity contribution is -0.156. The Morgan fingerprint density at radius 2 is 2.07 bits per heavy atom. The van der Waals surface area contributed by atoms with Crippen LogP contribution in [0.25, 0.3) is 5.65 Å². The van der Waals surface area contributed by atoms with E-state index in [0.29, 0.717) is 23.5 Å². The molecule has 7 heteroatoms. The van der Waals surface area contributed by atoms with Crippen LogP contribution in [0.5, 0.6) is 0 Å². The molecule has 3 heterocycles. The van der Waals surface area contributed by atoms with Crippen LogP contribution in [0.15, 0.2) is 64.7 Å². The molecule has 1 aliphatic rings. The monoisotopic (exact) mass is 363 g/mol. The zero-order chi connectivity index (χ0) is 18.8. The van der Waals surface area contributed by atoms with Crippen LogP contribution in [0.2, 0.25) is 0 Å². The van der Waals surface area contributed by atoms with Gasteiger partial charge in [-0.2, -0.15) is 0 Å². The van der Waals surface area contributed by atoms with E-state index < -0.39 is 12.1 Å². The molecule has 1 atom stereocenters. The van der Waals surface area contributed by atoms with E-state index in [1.807, 2.05) is 43.3 Å². The molecule has 0 saturated heterocycles. The molecule has 0 amide bonds. The summed E-state index contributed by atoms with van der Waals surface area (Å²) in [5.74, 6) is -0.532. The minimum atomic E-state index is -0.788. The summed E-state index contributed by atoms with van der Waals surface area (Å²) in [5, 5.41) is 3.97. The molecule has 3 aromatic rings. The number of ether oxygens (including phenoxy) is 1. The van der Waals surface area contributed by atoms with E-state index in [-0.39, 0.29) is 12.2 Å². The third-order valence-electron chi connectivity index (χ3n) is 4.26. The van der Waals surface area contributed by atoms with E-state index in [2.05, 4.69) is 10.1 Å². The van der Waals surface area contributed by atoms with Gasteiger partial charge in [0.2, 0.25) is 6.10 Å². The Bertz CT molecular complexity index is 1090. The Labute approximate surface area is 154 Å². The van der Waals surface area contributed by atoms with Crippen LogP contribution in [0.1, 0.15) is 23.2 Å².